The molecule has 0 fully saturated rings. The lowest BCUT2D eigenvalue weighted by Gasteiger charge is -2.13. The third-order valence-electron chi connectivity index (χ3n) is 3.19. The molecule has 21 heavy (non-hydrogen) atoms. The number of fused-ring (bicyclic) bond motifs is 1. The van der Waals surface area contributed by atoms with E-state index in [9.17, 15) is 0 Å². The van der Waals surface area contributed by atoms with Gasteiger partial charge in [0.05, 0.1) is 9.72 Å². The topological polar surface area (TPSA) is 47.6 Å². The van der Waals surface area contributed by atoms with Crippen molar-refractivity contribution in [1.82, 2.24) is 5.16 Å². The van der Waals surface area contributed by atoms with Crippen LogP contribution in [-0.2, 0) is 4.84 Å². The van der Waals surface area contributed by atoms with E-state index >= 15 is 0 Å². The molecule has 1 aliphatic heterocycles. The van der Waals surface area contributed by atoms with Gasteiger partial charge in [-0.2, -0.15) is 0 Å². The number of benzene rings is 1. The maximum atomic E-state index is 5.46. The van der Waals surface area contributed by atoms with E-state index in [-0.39, 0.29) is 10.9 Å². The molecule has 2 aromatic rings. The Morgan fingerprint density at radius 2 is 2.10 bits per heavy atom. The molecule has 0 N–H and O–H groups in total. The zero-order valence-electron chi connectivity index (χ0n) is 11.8. The van der Waals surface area contributed by atoms with E-state index in [4.69, 9.17) is 9.36 Å². The molecular formula is C14H14Br2N2O2S. The van der Waals surface area contributed by atoms with E-state index in [0.29, 0.717) is 0 Å². The van der Waals surface area contributed by atoms with Crippen LogP contribution >= 0.6 is 43.6 Å². The van der Waals surface area contributed by atoms with Crippen molar-refractivity contribution in [2.24, 2.45) is 5.16 Å². The molecule has 4 nitrogen and oxygen atoms in total. The predicted octanol–water partition coefficient (Wildman–Crippen LogP) is 5.66. The Balaban J connectivity index is 1.87. The second-order valence-corrected chi connectivity index (χ2v) is 8.79. The van der Waals surface area contributed by atoms with Crippen LogP contribution in [0.2, 0.25) is 0 Å². The van der Waals surface area contributed by atoms with Crippen LogP contribution in [0, 0.1) is 0 Å². The minimum atomic E-state index is -0.208. The Morgan fingerprint density at radius 3 is 2.76 bits per heavy atom. The van der Waals surface area contributed by atoms with Gasteiger partial charge in [0, 0.05) is 16.3 Å². The van der Waals surface area contributed by atoms with E-state index in [1.807, 2.05) is 26.0 Å². The largest absolute Gasteiger partial charge is 0.389 e. The van der Waals surface area contributed by atoms with E-state index in [2.05, 4.69) is 49.1 Å². The van der Waals surface area contributed by atoms with Crippen LogP contribution in [0.5, 0.6) is 0 Å². The van der Waals surface area contributed by atoms with Crippen molar-refractivity contribution in [3.63, 3.8) is 0 Å². The van der Waals surface area contributed by atoms with Crippen molar-refractivity contribution in [3.8, 4) is 0 Å². The highest BCUT2D eigenvalue weighted by molar-refractivity contribution is 9.11. The smallest absolute Gasteiger partial charge is 0.181 e. The second kappa shape index (κ2) is 5.59. The fourth-order valence-corrected chi connectivity index (χ4v) is 4.71. The molecule has 0 saturated heterocycles. The molecule has 112 valence electrons. The molecule has 1 unspecified atom stereocenters. The minimum absolute atomic E-state index is 0.142. The molecule has 1 atom stereocenters. The van der Waals surface area contributed by atoms with Gasteiger partial charge in [-0.1, -0.05) is 38.0 Å². The summed E-state index contributed by atoms with van der Waals surface area (Å²) in [6.07, 6.45) is 0.825. The Morgan fingerprint density at radius 1 is 1.33 bits per heavy atom. The van der Waals surface area contributed by atoms with E-state index in [1.165, 1.54) is 0 Å². The molecule has 7 heteroatoms. The lowest BCUT2D eigenvalue weighted by molar-refractivity contribution is 0.0123. The quantitative estimate of drug-likeness (QED) is 0.612. The molecule has 2 heterocycles. The first-order valence-corrected chi connectivity index (χ1v) is 8.98. The average Bonchev–Trinajstić information content (AvgIpc) is 2.92. The first kappa shape index (κ1) is 15.4. The van der Waals surface area contributed by atoms with Gasteiger partial charge in [-0.25, -0.2) is 0 Å². The maximum Gasteiger partial charge on any atom is 0.181 e. The molecule has 0 saturated carbocycles. The number of hydrogen-bond donors (Lipinski definition) is 0. The monoisotopic (exact) mass is 432 g/mol. The number of rotatable bonds is 2. The normalized spacial score (nSPS) is 18.6. The number of halogens is 2. The van der Waals surface area contributed by atoms with Crippen LogP contribution in [0.25, 0.3) is 11.0 Å². The Kier molecular flexibility index (Phi) is 4.09. The van der Waals surface area contributed by atoms with Gasteiger partial charge in [0.25, 0.3) is 0 Å². The van der Waals surface area contributed by atoms with Crippen LogP contribution in [-0.4, -0.2) is 15.8 Å². The molecule has 0 aliphatic carbocycles. The fraction of sp³-hybridized carbons (Fsp3) is 0.429. The summed E-state index contributed by atoms with van der Waals surface area (Å²) < 4.78 is 7.35. The zero-order chi connectivity index (χ0) is 15.2. The summed E-state index contributed by atoms with van der Waals surface area (Å²) in [5.74, 6) is 0. The van der Waals surface area contributed by atoms with Gasteiger partial charge in [-0.15, -0.1) is 0 Å². The minimum Gasteiger partial charge on any atom is -0.389 e. The SMILES string of the molecule is CC(SC1=NOC(C)(C)C1)c1noc2c(Br)cc(Br)cc12. The van der Waals surface area contributed by atoms with Crippen molar-refractivity contribution in [2.45, 2.75) is 38.0 Å². The first-order valence-electron chi connectivity index (χ1n) is 6.52. The first-order chi connectivity index (χ1) is 9.85. The lowest BCUT2D eigenvalue weighted by atomic mass is 10.1. The number of nitrogens with zero attached hydrogens (tertiary/aromatic N) is 2. The predicted molar refractivity (Wildman–Crippen MR) is 92.6 cm³/mol. The number of oxime groups is 1. The number of thioether (sulfide) groups is 1. The van der Waals surface area contributed by atoms with Crippen LogP contribution in [0.3, 0.4) is 0 Å². The maximum absolute atomic E-state index is 5.46. The summed E-state index contributed by atoms with van der Waals surface area (Å²) in [7, 11) is 0. The molecule has 1 aliphatic rings. The van der Waals surface area contributed by atoms with Crippen molar-refractivity contribution in [3.05, 3.63) is 26.8 Å². The van der Waals surface area contributed by atoms with Gasteiger partial charge in [-0.05, 0) is 48.8 Å². The summed E-state index contributed by atoms with van der Waals surface area (Å²) in [5.41, 5.74) is 1.48. The van der Waals surface area contributed by atoms with Crippen molar-refractivity contribution in [2.75, 3.05) is 0 Å². The van der Waals surface area contributed by atoms with E-state index in [1.54, 1.807) is 11.8 Å². The van der Waals surface area contributed by atoms with Gasteiger partial charge in [0.2, 0.25) is 0 Å². The highest BCUT2D eigenvalue weighted by Gasteiger charge is 2.31. The summed E-state index contributed by atoms with van der Waals surface area (Å²) in [6, 6.07) is 3.98. The summed E-state index contributed by atoms with van der Waals surface area (Å²) in [6.45, 7) is 6.17. The molecule has 1 aromatic carbocycles. The lowest BCUT2D eigenvalue weighted by Crippen LogP contribution is -2.18. The van der Waals surface area contributed by atoms with Gasteiger partial charge in [-0.3, -0.25) is 0 Å². The molecule has 3 rings (SSSR count). The van der Waals surface area contributed by atoms with Gasteiger partial charge in [0.15, 0.2) is 5.58 Å². The van der Waals surface area contributed by atoms with Crippen LogP contribution in [0.1, 0.15) is 38.1 Å². The second-order valence-electron chi connectivity index (χ2n) is 5.60. The standard InChI is InChI=1S/C14H14Br2N2O2S/c1-7(21-11-6-14(2,3)20-17-11)12-9-4-8(15)5-10(16)13(9)19-18-12/h4-5,7H,6H2,1-3H3. The summed E-state index contributed by atoms with van der Waals surface area (Å²) in [5, 5.41) is 10.5. The van der Waals surface area contributed by atoms with E-state index in [0.717, 1.165) is 37.1 Å². The van der Waals surface area contributed by atoms with Crippen LogP contribution in [0.15, 0.2) is 30.8 Å². The number of hydrogen-bond acceptors (Lipinski definition) is 5. The van der Waals surface area contributed by atoms with Crippen molar-refractivity contribution < 1.29 is 9.36 Å². The van der Waals surface area contributed by atoms with Crippen molar-refractivity contribution >= 4 is 59.6 Å². The average molecular weight is 434 g/mol. The summed E-state index contributed by atoms with van der Waals surface area (Å²) in [4.78, 5) is 5.41. The number of aromatic nitrogens is 1. The molecule has 0 spiro atoms. The van der Waals surface area contributed by atoms with Crippen molar-refractivity contribution in [1.29, 1.82) is 0 Å². The van der Waals surface area contributed by atoms with Crippen LogP contribution < -0.4 is 0 Å². The fourth-order valence-electron chi connectivity index (χ4n) is 2.21. The molecule has 0 amide bonds. The Hall–Kier alpha value is -0.530. The molecule has 0 radical (unpaired) electrons. The highest BCUT2D eigenvalue weighted by Crippen LogP contribution is 2.40. The van der Waals surface area contributed by atoms with Crippen LogP contribution in [0.4, 0.5) is 0 Å². The van der Waals surface area contributed by atoms with Gasteiger partial charge in [0.1, 0.15) is 16.3 Å². The highest BCUT2D eigenvalue weighted by atomic mass is 79.9. The third kappa shape index (κ3) is 3.14. The van der Waals surface area contributed by atoms with Gasteiger partial charge < -0.3 is 9.36 Å². The molecule has 1 aromatic heterocycles. The molecular weight excluding hydrogens is 420 g/mol. The Bertz CT molecular complexity index is 727. The molecule has 0 bridgehead atoms. The zero-order valence-corrected chi connectivity index (χ0v) is 15.8. The summed E-state index contributed by atoms with van der Waals surface area (Å²) >= 11 is 8.67. The Labute approximate surface area is 143 Å². The third-order valence-corrected chi connectivity index (χ3v) is 5.30. The van der Waals surface area contributed by atoms with Gasteiger partial charge >= 0.3 is 0 Å². The van der Waals surface area contributed by atoms with E-state index < -0.39 is 0 Å².